The van der Waals surface area contributed by atoms with E-state index in [0.29, 0.717) is 12.8 Å². The molecule has 0 radical (unpaired) electrons. The van der Waals surface area contributed by atoms with E-state index < -0.39 is 28.8 Å². The Hall–Kier alpha value is -1.99. The van der Waals surface area contributed by atoms with Crippen LogP contribution in [0.15, 0.2) is 18.2 Å². The fraction of sp³-hybridized carbons (Fsp3) is 0.667. The van der Waals surface area contributed by atoms with Gasteiger partial charge in [-0.2, -0.15) is 0 Å². The first kappa shape index (κ1) is 23.7. The predicted octanol–water partition coefficient (Wildman–Crippen LogP) is 3.98. The normalized spacial score (nSPS) is 27.6. The van der Waals surface area contributed by atoms with Crippen molar-refractivity contribution in [2.24, 2.45) is 0 Å². The van der Waals surface area contributed by atoms with Crippen LogP contribution in [-0.2, 0) is 9.47 Å². The molecular formula is C24H35FN2O4. The lowest BCUT2D eigenvalue weighted by Crippen LogP contribution is -2.47. The lowest BCUT2D eigenvalue weighted by molar-refractivity contribution is 0.0155. The molecule has 3 rings (SSSR count). The van der Waals surface area contributed by atoms with Crippen molar-refractivity contribution in [3.8, 4) is 0 Å². The quantitative estimate of drug-likeness (QED) is 0.698. The van der Waals surface area contributed by atoms with Crippen LogP contribution in [0.1, 0.15) is 88.9 Å². The van der Waals surface area contributed by atoms with Crippen LogP contribution in [0.4, 0.5) is 4.39 Å². The molecule has 2 N–H and O–H groups in total. The average Bonchev–Trinajstić information content (AvgIpc) is 2.91. The molecule has 0 aromatic heterocycles. The summed E-state index contributed by atoms with van der Waals surface area (Å²) in [5.74, 6) is -2.15. The molecule has 0 spiro atoms. The van der Waals surface area contributed by atoms with E-state index in [9.17, 15) is 14.0 Å². The fourth-order valence-electron chi connectivity index (χ4n) is 5.02. The number of ether oxygens (including phenoxy) is 2. The van der Waals surface area contributed by atoms with E-state index in [1.165, 1.54) is 12.1 Å². The zero-order chi connectivity index (χ0) is 23.4. The first-order chi connectivity index (χ1) is 14.0. The molecule has 1 aromatic rings. The maximum absolute atomic E-state index is 14.7. The van der Waals surface area contributed by atoms with E-state index in [1.54, 1.807) is 0 Å². The van der Waals surface area contributed by atoms with Gasteiger partial charge in [0.15, 0.2) is 0 Å². The van der Waals surface area contributed by atoms with Gasteiger partial charge in [0, 0.05) is 23.9 Å². The molecule has 0 amide bonds. The second-order valence-electron chi connectivity index (χ2n) is 11.4. The molecule has 2 atom stereocenters. The van der Waals surface area contributed by atoms with Gasteiger partial charge in [0.05, 0.1) is 22.2 Å². The maximum Gasteiger partial charge on any atom is 0.341 e. The highest BCUT2D eigenvalue weighted by molar-refractivity contribution is 5.93. The smallest absolute Gasteiger partial charge is 0.341 e. The van der Waals surface area contributed by atoms with Gasteiger partial charge >= 0.3 is 11.9 Å². The lowest BCUT2D eigenvalue weighted by Gasteiger charge is -2.28. The van der Waals surface area contributed by atoms with Gasteiger partial charge in [0.2, 0.25) is 0 Å². The van der Waals surface area contributed by atoms with Gasteiger partial charge in [-0.05, 0) is 73.6 Å². The molecule has 2 fully saturated rings. The van der Waals surface area contributed by atoms with Crippen LogP contribution < -0.4 is 10.6 Å². The van der Waals surface area contributed by atoms with Crippen molar-refractivity contribution in [3.63, 3.8) is 0 Å². The Morgan fingerprint density at radius 1 is 0.839 bits per heavy atom. The number of halogens is 1. The number of hydrogen-bond acceptors (Lipinski definition) is 6. The molecule has 1 aromatic carbocycles. The SMILES string of the molecule is CC1(C)CC(OC(=O)c2ccc(C(=O)OC3CC(C)(C)NC3(C)C)c(F)c2)C(C)(C)N1. The summed E-state index contributed by atoms with van der Waals surface area (Å²) in [6.45, 7) is 16.0. The van der Waals surface area contributed by atoms with Crippen LogP contribution in [0.25, 0.3) is 0 Å². The molecule has 2 heterocycles. The highest BCUT2D eigenvalue weighted by Gasteiger charge is 2.47. The van der Waals surface area contributed by atoms with Crippen molar-refractivity contribution in [1.82, 2.24) is 10.6 Å². The largest absolute Gasteiger partial charge is 0.457 e. The average molecular weight is 435 g/mol. The highest BCUT2D eigenvalue weighted by Crippen LogP contribution is 2.34. The Bertz CT molecular complexity index is 892. The third-order valence-corrected chi connectivity index (χ3v) is 6.25. The van der Waals surface area contributed by atoms with E-state index in [0.717, 1.165) is 6.07 Å². The van der Waals surface area contributed by atoms with Crippen molar-refractivity contribution in [1.29, 1.82) is 0 Å². The number of rotatable bonds is 4. The van der Waals surface area contributed by atoms with Crippen LogP contribution >= 0.6 is 0 Å². The minimum absolute atomic E-state index is 0.0681. The molecule has 0 aliphatic carbocycles. The molecule has 6 nitrogen and oxygen atoms in total. The van der Waals surface area contributed by atoms with E-state index >= 15 is 0 Å². The van der Waals surface area contributed by atoms with Crippen molar-refractivity contribution in [3.05, 3.63) is 35.1 Å². The molecule has 2 aliphatic heterocycles. The van der Waals surface area contributed by atoms with Crippen LogP contribution in [0.3, 0.4) is 0 Å². The van der Waals surface area contributed by atoms with Crippen molar-refractivity contribution < 1.29 is 23.5 Å². The summed E-state index contributed by atoms with van der Waals surface area (Å²) >= 11 is 0. The van der Waals surface area contributed by atoms with Crippen LogP contribution in [0.2, 0.25) is 0 Å². The zero-order valence-electron chi connectivity index (χ0n) is 19.8. The Morgan fingerprint density at radius 2 is 1.29 bits per heavy atom. The second-order valence-corrected chi connectivity index (χ2v) is 11.4. The van der Waals surface area contributed by atoms with Crippen molar-refractivity contribution in [2.75, 3.05) is 0 Å². The van der Waals surface area contributed by atoms with E-state index in [2.05, 4.69) is 10.6 Å². The maximum atomic E-state index is 14.7. The molecule has 0 saturated carbocycles. The molecule has 2 unspecified atom stereocenters. The third kappa shape index (κ3) is 5.09. The van der Waals surface area contributed by atoms with Crippen LogP contribution in [0, 0.1) is 5.82 Å². The summed E-state index contributed by atoms with van der Waals surface area (Å²) in [6.07, 6.45) is 0.544. The Labute approximate surface area is 184 Å². The standard InChI is InChI=1S/C24H35FN2O4/c1-21(2)12-17(23(5,6)26-21)30-19(28)14-9-10-15(16(25)11-14)20(29)31-18-13-22(3,4)27-24(18,7)8/h9-11,17-18,26-27H,12-13H2,1-8H3. The van der Waals surface area contributed by atoms with Crippen LogP contribution in [-0.4, -0.2) is 46.3 Å². The molecule has 172 valence electrons. The summed E-state index contributed by atoms with van der Waals surface area (Å²) in [5, 5.41) is 6.87. The number of hydrogen-bond donors (Lipinski definition) is 2. The summed E-state index contributed by atoms with van der Waals surface area (Å²) in [5.41, 5.74) is -1.28. The van der Waals surface area contributed by atoms with Gasteiger partial charge in [-0.15, -0.1) is 0 Å². The lowest BCUT2D eigenvalue weighted by atomic mass is 9.97. The third-order valence-electron chi connectivity index (χ3n) is 6.25. The van der Waals surface area contributed by atoms with E-state index in [4.69, 9.17) is 9.47 Å². The van der Waals surface area contributed by atoms with Crippen LogP contribution in [0.5, 0.6) is 0 Å². The second kappa shape index (κ2) is 7.55. The molecular weight excluding hydrogens is 399 g/mol. The molecule has 2 aliphatic rings. The van der Waals surface area contributed by atoms with E-state index in [1.807, 2.05) is 55.4 Å². The van der Waals surface area contributed by atoms with Gasteiger partial charge in [-0.3, -0.25) is 0 Å². The van der Waals surface area contributed by atoms with Gasteiger partial charge in [-0.1, -0.05) is 0 Å². The summed E-state index contributed by atoms with van der Waals surface area (Å²) < 4.78 is 26.0. The van der Waals surface area contributed by atoms with Crippen molar-refractivity contribution in [2.45, 2.75) is 103 Å². The van der Waals surface area contributed by atoms with E-state index in [-0.39, 0.29) is 34.4 Å². The Balaban J connectivity index is 1.70. The number of benzene rings is 1. The number of carbonyl (C=O) groups excluding carboxylic acids is 2. The number of carbonyl (C=O) groups is 2. The van der Waals surface area contributed by atoms with Gasteiger partial charge in [0.25, 0.3) is 0 Å². The summed E-state index contributed by atoms with van der Waals surface area (Å²) in [4.78, 5) is 25.2. The van der Waals surface area contributed by atoms with Gasteiger partial charge in [-0.25, -0.2) is 14.0 Å². The summed E-state index contributed by atoms with van der Waals surface area (Å²) in [6, 6.07) is 3.74. The molecule has 0 bridgehead atoms. The first-order valence-electron chi connectivity index (χ1n) is 10.8. The topological polar surface area (TPSA) is 76.7 Å². The molecule has 2 saturated heterocycles. The van der Waals surface area contributed by atoms with Gasteiger partial charge in [0.1, 0.15) is 18.0 Å². The molecule has 7 heteroatoms. The summed E-state index contributed by atoms with van der Waals surface area (Å²) in [7, 11) is 0. The predicted molar refractivity (Wildman–Crippen MR) is 117 cm³/mol. The Kier molecular flexibility index (Phi) is 5.77. The zero-order valence-corrected chi connectivity index (χ0v) is 19.8. The fourth-order valence-corrected chi connectivity index (χ4v) is 5.02. The number of nitrogens with one attached hydrogen (secondary N) is 2. The molecule has 31 heavy (non-hydrogen) atoms. The Morgan fingerprint density at radius 3 is 1.68 bits per heavy atom. The highest BCUT2D eigenvalue weighted by atomic mass is 19.1. The monoisotopic (exact) mass is 434 g/mol. The minimum Gasteiger partial charge on any atom is -0.457 e. The van der Waals surface area contributed by atoms with Gasteiger partial charge < -0.3 is 20.1 Å². The first-order valence-corrected chi connectivity index (χ1v) is 10.8. The van der Waals surface area contributed by atoms with Crippen molar-refractivity contribution >= 4 is 11.9 Å². The minimum atomic E-state index is -0.799. The number of esters is 2.